The van der Waals surface area contributed by atoms with Gasteiger partial charge in [0.1, 0.15) is 5.82 Å². The minimum atomic E-state index is -0.641. The van der Waals surface area contributed by atoms with E-state index in [4.69, 9.17) is 5.26 Å². The molecule has 2 rings (SSSR count). The topological polar surface area (TPSA) is 56.0 Å². The van der Waals surface area contributed by atoms with Crippen molar-refractivity contribution in [2.24, 2.45) is 5.92 Å². The highest BCUT2D eigenvalue weighted by Gasteiger charge is 2.31. The van der Waals surface area contributed by atoms with E-state index in [0.717, 1.165) is 31.2 Å². The molecule has 1 aliphatic rings. The van der Waals surface area contributed by atoms with Gasteiger partial charge in [0.05, 0.1) is 17.2 Å². The second kappa shape index (κ2) is 6.34. The molecule has 0 bridgehead atoms. The lowest BCUT2D eigenvalue weighted by Gasteiger charge is -2.35. The molecule has 1 saturated carbocycles. The summed E-state index contributed by atoms with van der Waals surface area (Å²) in [6.07, 6.45) is 3.73. The normalized spacial score (nSPS) is 26.2. The minimum Gasteiger partial charge on any atom is -0.389 e. The Morgan fingerprint density at radius 1 is 1.40 bits per heavy atom. The molecular formula is C16H21FN2O. The summed E-state index contributed by atoms with van der Waals surface area (Å²) in [5, 5.41) is 22.4. The van der Waals surface area contributed by atoms with Gasteiger partial charge in [0.15, 0.2) is 0 Å². The van der Waals surface area contributed by atoms with Crippen molar-refractivity contribution in [3.8, 4) is 6.07 Å². The minimum absolute atomic E-state index is 0.326. The molecule has 2 N–H and O–H groups in total. The number of aliphatic hydroxyl groups is 1. The van der Waals surface area contributed by atoms with E-state index < -0.39 is 11.4 Å². The highest BCUT2D eigenvalue weighted by atomic mass is 19.1. The standard InChI is InChI=1S/C16H21FN2O/c1-12-2-4-16(20,5-3-12)11-19-10-14-6-13(9-18)7-15(17)8-14/h6-8,12,19-20H,2-5,10-11H2,1H3. The quantitative estimate of drug-likeness (QED) is 0.889. The zero-order chi connectivity index (χ0) is 14.6. The summed E-state index contributed by atoms with van der Waals surface area (Å²) in [7, 11) is 0. The summed E-state index contributed by atoms with van der Waals surface area (Å²) in [5.41, 5.74) is 0.416. The number of nitrogens with zero attached hydrogens (tertiary/aromatic N) is 1. The van der Waals surface area contributed by atoms with E-state index in [1.807, 2.05) is 6.07 Å². The van der Waals surface area contributed by atoms with Crippen LogP contribution in [0.1, 0.15) is 43.7 Å². The Hall–Kier alpha value is -1.44. The van der Waals surface area contributed by atoms with Gasteiger partial charge in [-0.3, -0.25) is 0 Å². The van der Waals surface area contributed by atoms with Crippen molar-refractivity contribution in [1.29, 1.82) is 5.26 Å². The molecule has 0 saturated heterocycles. The van der Waals surface area contributed by atoms with Gasteiger partial charge in [0, 0.05) is 13.1 Å². The molecular weight excluding hydrogens is 255 g/mol. The summed E-state index contributed by atoms with van der Waals surface area (Å²) in [6, 6.07) is 6.25. The highest BCUT2D eigenvalue weighted by Crippen LogP contribution is 2.31. The molecule has 1 aliphatic carbocycles. The Labute approximate surface area is 119 Å². The number of halogens is 1. The Bertz CT molecular complexity index is 502. The smallest absolute Gasteiger partial charge is 0.124 e. The summed E-state index contributed by atoms with van der Waals surface area (Å²) in [4.78, 5) is 0. The van der Waals surface area contributed by atoms with Gasteiger partial charge in [-0.2, -0.15) is 5.26 Å². The molecule has 0 radical (unpaired) electrons. The van der Waals surface area contributed by atoms with Crippen LogP contribution in [0.3, 0.4) is 0 Å². The first-order valence-corrected chi connectivity index (χ1v) is 7.13. The molecule has 1 aromatic carbocycles. The molecule has 0 amide bonds. The van der Waals surface area contributed by atoms with Crippen LogP contribution in [-0.4, -0.2) is 17.3 Å². The number of hydrogen-bond donors (Lipinski definition) is 2. The third-order valence-corrected chi connectivity index (χ3v) is 4.07. The van der Waals surface area contributed by atoms with Gasteiger partial charge in [0.2, 0.25) is 0 Å². The molecule has 0 aliphatic heterocycles. The highest BCUT2D eigenvalue weighted by molar-refractivity contribution is 5.33. The van der Waals surface area contributed by atoms with Gasteiger partial charge >= 0.3 is 0 Å². The van der Waals surface area contributed by atoms with Gasteiger partial charge in [-0.1, -0.05) is 6.92 Å². The molecule has 20 heavy (non-hydrogen) atoms. The number of rotatable bonds is 4. The fourth-order valence-electron chi connectivity index (χ4n) is 2.73. The van der Waals surface area contributed by atoms with E-state index in [-0.39, 0.29) is 0 Å². The first kappa shape index (κ1) is 15.0. The third-order valence-electron chi connectivity index (χ3n) is 4.07. The largest absolute Gasteiger partial charge is 0.389 e. The molecule has 1 aromatic rings. The van der Waals surface area contributed by atoms with Crippen LogP contribution in [0, 0.1) is 23.1 Å². The molecule has 0 spiro atoms. The van der Waals surface area contributed by atoms with Gasteiger partial charge < -0.3 is 10.4 Å². The number of benzene rings is 1. The van der Waals surface area contributed by atoms with Crippen LogP contribution in [0.5, 0.6) is 0 Å². The molecule has 4 heteroatoms. The Morgan fingerprint density at radius 2 is 2.10 bits per heavy atom. The monoisotopic (exact) mass is 276 g/mol. The average Bonchev–Trinajstić information content (AvgIpc) is 2.42. The number of hydrogen-bond acceptors (Lipinski definition) is 3. The maximum atomic E-state index is 13.3. The lowest BCUT2D eigenvalue weighted by Crippen LogP contribution is -2.43. The van der Waals surface area contributed by atoms with Crippen molar-refractivity contribution in [1.82, 2.24) is 5.32 Å². The lowest BCUT2D eigenvalue weighted by atomic mass is 9.79. The first-order valence-electron chi connectivity index (χ1n) is 7.13. The van der Waals surface area contributed by atoms with Crippen LogP contribution >= 0.6 is 0 Å². The van der Waals surface area contributed by atoms with Crippen LogP contribution in [0.15, 0.2) is 18.2 Å². The fourth-order valence-corrected chi connectivity index (χ4v) is 2.73. The molecule has 0 aromatic heterocycles. The second-order valence-corrected chi connectivity index (χ2v) is 5.97. The van der Waals surface area contributed by atoms with E-state index in [2.05, 4.69) is 12.2 Å². The maximum Gasteiger partial charge on any atom is 0.124 e. The molecule has 0 atom stereocenters. The average molecular weight is 276 g/mol. The van der Waals surface area contributed by atoms with Crippen molar-refractivity contribution in [3.05, 3.63) is 35.1 Å². The summed E-state index contributed by atoms with van der Waals surface area (Å²) < 4.78 is 13.3. The Kier molecular flexibility index (Phi) is 4.74. The van der Waals surface area contributed by atoms with Crippen molar-refractivity contribution in [2.45, 2.75) is 44.8 Å². The zero-order valence-electron chi connectivity index (χ0n) is 11.8. The Morgan fingerprint density at radius 3 is 2.75 bits per heavy atom. The van der Waals surface area contributed by atoms with Crippen LogP contribution in [0.4, 0.5) is 4.39 Å². The summed E-state index contributed by atoms with van der Waals surface area (Å²) in [6.45, 7) is 3.19. The van der Waals surface area contributed by atoms with E-state index in [1.54, 1.807) is 6.07 Å². The van der Waals surface area contributed by atoms with Crippen LogP contribution < -0.4 is 5.32 Å². The molecule has 108 valence electrons. The summed E-state index contributed by atoms with van der Waals surface area (Å²) in [5.74, 6) is 0.294. The van der Waals surface area contributed by atoms with E-state index in [0.29, 0.717) is 24.6 Å². The SMILES string of the molecule is CC1CCC(O)(CNCc2cc(F)cc(C#N)c2)CC1. The van der Waals surface area contributed by atoms with E-state index >= 15 is 0 Å². The molecule has 0 unspecified atom stereocenters. The third kappa shape index (κ3) is 4.03. The van der Waals surface area contributed by atoms with Crippen molar-refractivity contribution in [2.75, 3.05) is 6.54 Å². The first-order chi connectivity index (χ1) is 9.50. The Balaban J connectivity index is 1.87. The number of nitrogens with one attached hydrogen (secondary N) is 1. The fraction of sp³-hybridized carbons (Fsp3) is 0.562. The molecule has 3 nitrogen and oxygen atoms in total. The zero-order valence-corrected chi connectivity index (χ0v) is 11.8. The van der Waals surface area contributed by atoms with Crippen LogP contribution in [0.2, 0.25) is 0 Å². The molecule has 1 fully saturated rings. The van der Waals surface area contributed by atoms with Crippen molar-refractivity contribution in [3.63, 3.8) is 0 Å². The predicted octanol–water partition coefficient (Wildman–Crippen LogP) is 2.73. The van der Waals surface area contributed by atoms with Crippen molar-refractivity contribution < 1.29 is 9.50 Å². The van der Waals surface area contributed by atoms with Gasteiger partial charge in [0.25, 0.3) is 0 Å². The van der Waals surface area contributed by atoms with E-state index in [1.165, 1.54) is 12.1 Å². The van der Waals surface area contributed by atoms with Crippen LogP contribution in [-0.2, 0) is 6.54 Å². The predicted molar refractivity (Wildman–Crippen MR) is 75.4 cm³/mol. The maximum absolute atomic E-state index is 13.3. The van der Waals surface area contributed by atoms with Gasteiger partial charge in [-0.25, -0.2) is 4.39 Å². The van der Waals surface area contributed by atoms with Gasteiger partial charge in [-0.15, -0.1) is 0 Å². The van der Waals surface area contributed by atoms with Crippen LogP contribution in [0.25, 0.3) is 0 Å². The van der Waals surface area contributed by atoms with Crippen molar-refractivity contribution >= 4 is 0 Å². The van der Waals surface area contributed by atoms with E-state index in [9.17, 15) is 9.50 Å². The lowest BCUT2D eigenvalue weighted by molar-refractivity contribution is -0.00630. The summed E-state index contributed by atoms with van der Waals surface area (Å²) >= 11 is 0. The molecule has 0 heterocycles. The number of nitriles is 1. The van der Waals surface area contributed by atoms with Gasteiger partial charge in [-0.05, 0) is 55.4 Å². The second-order valence-electron chi connectivity index (χ2n) is 5.97.